The van der Waals surface area contributed by atoms with Crippen molar-refractivity contribution in [2.24, 2.45) is 23.7 Å². The summed E-state index contributed by atoms with van der Waals surface area (Å²) >= 11 is 0. The summed E-state index contributed by atoms with van der Waals surface area (Å²) in [5.41, 5.74) is 1.52. The fraction of sp³-hybridized carbons (Fsp3) is 0.440. The van der Waals surface area contributed by atoms with Gasteiger partial charge in [-0.2, -0.15) is 0 Å². The number of rotatable bonds is 6. The molecule has 7 heteroatoms. The van der Waals surface area contributed by atoms with Gasteiger partial charge in [-0.1, -0.05) is 6.92 Å². The van der Waals surface area contributed by atoms with Crippen LogP contribution in [0.4, 0.5) is 10.2 Å². The third-order valence-electron chi connectivity index (χ3n) is 6.78. The zero-order valence-electron chi connectivity index (χ0n) is 18.3. The highest BCUT2D eigenvalue weighted by Crippen LogP contribution is 2.49. The number of anilines is 1. The lowest BCUT2D eigenvalue weighted by Crippen LogP contribution is -2.33. The van der Waals surface area contributed by atoms with E-state index in [1.807, 2.05) is 6.92 Å². The number of pyridine rings is 1. The Morgan fingerprint density at radius 1 is 1.16 bits per heavy atom. The number of aromatic nitrogens is 3. The molecule has 1 aromatic carbocycles. The van der Waals surface area contributed by atoms with Crippen molar-refractivity contribution in [3.05, 3.63) is 54.4 Å². The molecule has 2 aliphatic rings. The van der Waals surface area contributed by atoms with Crippen molar-refractivity contribution in [1.29, 1.82) is 0 Å². The summed E-state index contributed by atoms with van der Waals surface area (Å²) < 4.78 is 20.2. The maximum Gasteiger partial charge on any atom is 0.229 e. The Morgan fingerprint density at radius 2 is 2.00 bits per heavy atom. The molecular weight excluding hydrogens is 407 g/mol. The molecule has 4 atom stereocenters. The van der Waals surface area contributed by atoms with E-state index in [1.54, 1.807) is 30.7 Å². The number of hydrogen-bond donors (Lipinski definition) is 1. The lowest BCUT2D eigenvalue weighted by Gasteiger charge is -2.25. The summed E-state index contributed by atoms with van der Waals surface area (Å²) in [7, 11) is 0. The monoisotopic (exact) mass is 434 g/mol. The van der Waals surface area contributed by atoms with E-state index in [9.17, 15) is 9.18 Å². The highest BCUT2D eigenvalue weighted by Gasteiger charge is 2.47. The van der Waals surface area contributed by atoms with Gasteiger partial charge in [0.05, 0.1) is 29.7 Å². The Labute approximate surface area is 186 Å². The predicted molar refractivity (Wildman–Crippen MR) is 120 cm³/mol. The van der Waals surface area contributed by atoms with Crippen molar-refractivity contribution in [2.45, 2.75) is 45.6 Å². The largest absolute Gasteiger partial charge is 0.490 e. The first-order valence-corrected chi connectivity index (χ1v) is 11.3. The summed E-state index contributed by atoms with van der Waals surface area (Å²) in [4.78, 5) is 26.0. The van der Waals surface area contributed by atoms with E-state index < -0.39 is 0 Å². The highest BCUT2D eigenvalue weighted by molar-refractivity contribution is 5.92. The van der Waals surface area contributed by atoms with E-state index >= 15 is 0 Å². The number of amides is 1. The lowest BCUT2D eigenvalue weighted by atomic mass is 9.81. The zero-order chi connectivity index (χ0) is 22.2. The van der Waals surface area contributed by atoms with Crippen LogP contribution in [0.2, 0.25) is 0 Å². The topological polar surface area (TPSA) is 77.0 Å². The SMILES string of the molecule is Cc1cnc(NC(=O)C(C2CC2)C2CC(Oc3ccnc4ccc(F)cc34)CC2C)cn1. The second-order valence-corrected chi connectivity index (χ2v) is 9.22. The number of halogens is 1. The molecule has 3 aromatic rings. The van der Waals surface area contributed by atoms with Crippen LogP contribution in [0.15, 0.2) is 42.9 Å². The molecule has 2 heterocycles. The van der Waals surface area contributed by atoms with Gasteiger partial charge in [-0.05, 0) is 74.6 Å². The molecule has 166 valence electrons. The highest BCUT2D eigenvalue weighted by atomic mass is 19.1. The molecule has 1 amide bonds. The standard InChI is InChI=1S/C25H27FN4O2/c1-14-9-18(32-22-7-8-27-21-6-5-17(26)10-20(21)22)11-19(14)24(16-3-4-16)25(31)30-23-13-28-15(2)12-29-23/h5-8,10,12-14,16,18-19,24H,3-4,9,11H2,1-2H3,(H,29,30,31). The third kappa shape index (κ3) is 4.29. The van der Waals surface area contributed by atoms with E-state index in [4.69, 9.17) is 4.74 Å². The van der Waals surface area contributed by atoms with Crippen LogP contribution in [-0.4, -0.2) is 27.0 Å². The summed E-state index contributed by atoms with van der Waals surface area (Å²) in [6, 6.07) is 6.33. The molecule has 2 aromatic heterocycles. The Hall–Kier alpha value is -3.09. The number of aryl methyl sites for hydroxylation is 1. The van der Waals surface area contributed by atoms with Gasteiger partial charge in [-0.25, -0.2) is 9.37 Å². The molecule has 32 heavy (non-hydrogen) atoms. The van der Waals surface area contributed by atoms with Crippen LogP contribution < -0.4 is 10.1 Å². The van der Waals surface area contributed by atoms with Gasteiger partial charge >= 0.3 is 0 Å². The van der Waals surface area contributed by atoms with E-state index in [2.05, 4.69) is 27.2 Å². The Bertz CT molecular complexity index is 1130. The average Bonchev–Trinajstić information content (AvgIpc) is 3.54. The Kier molecular flexibility index (Phi) is 5.49. The zero-order valence-corrected chi connectivity index (χ0v) is 18.3. The number of fused-ring (bicyclic) bond motifs is 1. The van der Waals surface area contributed by atoms with Gasteiger partial charge in [0, 0.05) is 17.5 Å². The Morgan fingerprint density at radius 3 is 2.75 bits per heavy atom. The molecule has 6 nitrogen and oxygen atoms in total. The van der Waals surface area contributed by atoms with Gasteiger partial charge in [-0.15, -0.1) is 0 Å². The maximum absolute atomic E-state index is 13.8. The Balaban J connectivity index is 1.32. The van der Waals surface area contributed by atoms with E-state index in [1.165, 1.54) is 12.1 Å². The molecule has 0 bridgehead atoms. The first-order valence-electron chi connectivity index (χ1n) is 11.3. The smallest absolute Gasteiger partial charge is 0.229 e. The van der Waals surface area contributed by atoms with Gasteiger partial charge in [0.25, 0.3) is 0 Å². The molecule has 0 radical (unpaired) electrons. The maximum atomic E-state index is 13.8. The van der Waals surface area contributed by atoms with Gasteiger partial charge in [0.15, 0.2) is 5.82 Å². The van der Waals surface area contributed by atoms with Crippen molar-refractivity contribution in [1.82, 2.24) is 15.0 Å². The molecule has 0 spiro atoms. The van der Waals surface area contributed by atoms with Crippen LogP contribution >= 0.6 is 0 Å². The summed E-state index contributed by atoms with van der Waals surface area (Å²) in [5, 5.41) is 3.66. The van der Waals surface area contributed by atoms with Crippen molar-refractivity contribution in [3.63, 3.8) is 0 Å². The second-order valence-electron chi connectivity index (χ2n) is 9.22. The molecule has 1 N–H and O–H groups in total. The third-order valence-corrected chi connectivity index (χ3v) is 6.78. The van der Waals surface area contributed by atoms with E-state index in [0.717, 1.165) is 31.4 Å². The van der Waals surface area contributed by atoms with Crippen LogP contribution in [0.1, 0.15) is 38.3 Å². The van der Waals surface area contributed by atoms with Crippen LogP contribution in [0, 0.1) is 36.4 Å². The second kappa shape index (κ2) is 8.45. The number of nitrogens with one attached hydrogen (secondary N) is 1. The normalized spacial score (nSPS) is 23.8. The molecule has 2 aliphatic carbocycles. The van der Waals surface area contributed by atoms with Crippen LogP contribution in [0.5, 0.6) is 5.75 Å². The van der Waals surface area contributed by atoms with Gasteiger partial charge in [0.2, 0.25) is 5.91 Å². The van der Waals surface area contributed by atoms with Gasteiger partial charge in [-0.3, -0.25) is 14.8 Å². The molecule has 2 fully saturated rings. The molecule has 0 aliphatic heterocycles. The molecular formula is C25H27FN4O2. The number of carbonyl (C=O) groups is 1. The van der Waals surface area contributed by atoms with E-state index in [0.29, 0.717) is 34.3 Å². The van der Waals surface area contributed by atoms with Crippen molar-refractivity contribution < 1.29 is 13.9 Å². The fourth-order valence-corrected chi connectivity index (χ4v) is 5.07. The van der Waals surface area contributed by atoms with Gasteiger partial charge < -0.3 is 10.1 Å². The minimum absolute atomic E-state index is 0.0166. The minimum Gasteiger partial charge on any atom is -0.490 e. The number of ether oxygens (including phenoxy) is 1. The lowest BCUT2D eigenvalue weighted by molar-refractivity contribution is -0.122. The fourth-order valence-electron chi connectivity index (χ4n) is 5.07. The first-order chi connectivity index (χ1) is 15.5. The summed E-state index contributed by atoms with van der Waals surface area (Å²) in [6.07, 6.45) is 8.77. The first kappa shape index (κ1) is 20.8. The van der Waals surface area contributed by atoms with E-state index in [-0.39, 0.29) is 29.7 Å². The van der Waals surface area contributed by atoms with Crippen molar-refractivity contribution in [3.8, 4) is 5.75 Å². The van der Waals surface area contributed by atoms with Crippen molar-refractivity contribution >= 4 is 22.6 Å². The number of hydrogen-bond acceptors (Lipinski definition) is 5. The van der Waals surface area contributed by atoms with Gasteiger partial charge in [0.1, 0.15) is 11.6 Å². The molecule has 0 saturated heterocycles. The van der Waals surface area contributed by atoms with Crippen LogP contribution in [0.3, 0.4) is 0 Å². The molecule has 2 saturated carbocycles. The number of carbonyl (C=O) groups excluding carboxylic acids is 1. The number of nitrogens with zero attached hydrogens (tertiary/aromatic N) is 3. The quantitative estimate of drug-likeness (QED) is 0.595. The predicted octanol–water partition coefficient (Wildman–Crippen LogP) is 4.93. The minimum atomic E-state index is -0.308. The van der Waals surface area contributed by atoms with Crippen molar-refractivity contribution in [2.75, 3.05) is 5.32 Å². The molecule has 4 unspecified atom stereocenters. The van der Waals surface area contributed by atoms with Crippen LogP contribution in [0.25, 0.3) is 10.9 Å². The average molecular weight is 435 g/mol. The molecule has 5 rings (SSSR count). The summed E-state index contributed by atoms with van der Waals surface area (Å²) in [5.74, 6) is 1.80. The summed E-state index contributed by atoms with van der Waals surface area (Å²) in [6.45, 7) is 4.07. The number of benzene rings is 1. The van der Waals surface area contributed by atoms with Crippen LogP contribution in [-0.2, 0) is 4.79 Å².